The predicted molar refractivity (Wildman–Crippen MR) is 83.9 cm³/mol. The summed E-state index contributed by atoms with van der Waals surface area (Å²) in [6.45, 7) is 0. The van der Waals surface area contributed by atoms with E-state index in [4.69, 9.17) is 4.74 Å². The normalized spacial score (nSPS) is 10.2. The van der Waals surface area contributed by atoms with E-state index < -0.39 is 0 Å². The second-order valence-corrected chi connectivity index (χ2v) is 4.64. The second-order valence-electron chi connectivity index (χ2n) is 4.64. The van der Waals surface area contributed by atoms with Crippen LogP contribution in [-0.4, -0.2) is 7.11 Å². The molecule has 3 aromatic rings. The monoisotopic (exact) mass is 260 g/mol. The first kappa shape index (κ1) is 12.5. The fraction of sp³-hybridized carbons (Fsp3) is 0.0526. The third-order valence-electron chi connectivity index (χ3n) is 3.41. The van der Waals surface area contributed by atoms with Gasteiger partial charge >= 0.3 is 0 Å². The van der Waals surface area contributed by atoms with Gasteiger partial charge in [0, 0.05) is 5.56 Å². The first-order valence-corrected chi connectivity index (χ1v) is 6.67. The Morgan fingerprint density at radius 2 is 1.10 bits per heavy atom. The molecule has 0 aliphatic heterocycles. The number of benzene rings is 3. The number of rotatable bonds is 3. The highest BCUT2D eigenvalue weighted by Crippen LogP contribution is 2.31. The van der Waals surface area contributed by atoms with Crippen LogP contribution in [0.2, 0.25) is 0 Å². The molecule has 0 fully saturated rings. The van der Waals surface area contributed by atoms with E-state index in [1.165, 1.54) is 16.7 Å². The van der Waals surface area contributed by atoms with Gasteiger partial charge in [0.05, 0.1) is 7.11 Å². The molecule has 0 aromatic heterocycles. The summed E-state index contributed by atoms with van der Waals surface area (Å²) in [7, 11) is 1.71. The molecule has 98 valence electrons. The van der Waals surface area contributed by atoms with Crippen LogP contribution in [0.5, 0.6) is 5.75 Å². The zero-order chi connectivity index (χ0) is 13.8. The Morgan fingerprint density at radius 1 is 0.550 bits per heavy atom. The lowest BCUT2D eigenvalue weighted by atomic mass is 10.00. The van der Waals surface area contributed by atoms with Crippen LogP contribution in [0.1, 0.15) is 0 Å². The topological polar surface area (TPSA) is 9.23 Å². The van der Waals surface area contributed by atoms with Gasteiger partial charge in [0.1, 0.15) is 5.75 Å². The molecule has 0 N–H and O–H groups in total. The van der Waals surface area contributed by atoms with Gasteiger partial charge in [0.25, 0.3) is 0 Å². The maximum absolute atomic E-state index is 5.41. The number of ether oxygens (including phenoxy) is 1. The molecule has 0 saturated carbocycles. The Balaban J connectivity index is 1.98. The first-order valence-electron chi connectivity index (χ1n) is 6.67. The molecule has 0 saturated heterocycles. The molecule has 0 heterocycles. The number of hydrogen-bond acceptors (Lipinski definition) is 1. The van der Waals surface area contributed by atoms with Crippen LogP contribution in [0.4, 0.5) is 0 Å². The van der Waals surface area contributed by atoms with E-state index in [0.717, 1.165) is 11.3 Å². The SMILES string of the molecule is COc1ccccc1-c1ccc(-c2ccccc2)cc1. The van der Waals surface area contributed by atoms with Gasteiger partial charge in [-0.3, -0.25) is 0 Å². The maximum Gasteiger partial charge on any atom is 0.126 e. The van der Waals surface area contributed by atoms with E-state index in [1.54, 1.807) is 7.11 Å². The van der Waals surface area contributed by atoms with Crippen molar-refractivity contribution in [1.29, 1.82) is 0 Å². The molecule has 0 radical (unpaired) electrons. The lowest BCUT2D eigenvalue weighted by Gasteiger charge is -2.09. The van der Waals surface area contributed by atoms with E-state index in [0.29, 0.717) is 0 Å². The van der Waals surface area contributed by atoms with Crippen molar-refractivity contribution in [3.05, 3.63) is 78.9 Å². The minimum atomic E-state index is 0.903. The standard InChI is InChI=1S/C19H16O/c1-20-19-10-6-5-9-18(19)17-13-11-16(12-14-17)15-7-3-2-4-8-15/h2-14H,1H3. The minimum Gasteiger partial charge on any atom is -0.496 e. The summed E-state index contributed by atoms with van der Waals surface area (Å²) in [5.41, 5.74) is 4.75. The third kappa shape index (κ3) is 2.43. The summed E-state index contributed by atoms with van der Waals surface area (Å²) in [6, 6.07) is 27.1. The molecule has 1 nitrogen and oxygen atoms in total. The third-order valence-corrected chi connectivity index (χ3v) is 3.41. The number of hydrogen-bond donors (Lipinski definition) is 0. The van der Waals surface area contributed by atoms with Crippen molar-refractivity contribution in [3.63, 3.8) is 0 Å². The van der Waals surface area contributed by atoms with Crippen LogP contribution in [0.15, 0.2) is 78.9 Å². The molecule has 0 amide bonds. The van der Waals surface area contributed by atoms with Gasteiger partial charge in [-0.15, -0.1) is 0 Å². The van der Waals surface area contributed by atoms with E-state index in [9.17, 15) is 0 Å². The highest BCUT2D eigenvalue weighted by atomic mass is 16.5. The summed E-state index contributed by atoms with van der Waals surface area (Å²) in [4.78, 5) is 0. The summed E-state index contributed by atoms with van der Waals surface area (Å²) >= 11 is 0. The Morgan fingerprint density at radius 3 is 1.80 bits per heavy atom. The van der Waals surface area contributed by atoms with Crippen LogP contribution in [0, 0.1) is 0 Å². The van der Waals surface area contributed by atoms with E-state index in [2.05, 4.69) is 54.6 Å². The highest BCUT2D eigenvalue weighted by Gasteiger charge is 2.04. The first-order chi connectivity index (χ1) is 9.88. The average Bonchev–Trinajstić information content (AvgIpc) is 2.56. The minimum absolute atomic E-state index is 0.903. The zero-order valence-electron chi connectivity index (χ0n) is 11.4. The predicted octanol–water partition coefficient (Wildman–Crippen LogP) is 5.03. The molecule has 3 rings (SSSR count). The molecule has 0 aliphatic rings. The van der Waals surface area contributed by atoms with Crippen LogP contribution >= 0.6 is 0 Å². The highest BCUT2D eigenvalue weighted by molar-refractivity contribution is 5.74. The largest absolute Gasteiger partial charge is 0.496 e. The van der Waals surface area contributed by atoms with Crippen molar-refractivity contribution >= 4 is 0 Å². The van der Waals surface area contributed by atoms with Crippen molar-refractivity contribution in [3.8, 4) is 28.0 Å². The lowest BCUT2D eigenvalue weighted by molar-refractivity contribution is 0.416. The average molecular weight is 260 g/mol. The molecular formula is C19H16O. The van der Waals surface area contributed by atoms with Crippen molar-refractivity contribution in [2.45, 2.75) is 0 Å². The van der Waals surface area contributed by atoms with Crippen LogP contribution in [0.3, 0.4) is 0 Å². The smallest absolute Gasteiger partial charge is 0.126 e. The fourth-order valence-electron chi connectivity index (χ4n) is 2.36. The molecule has 0 atom stereocenters. The van der Waals surface area contributed by atoms with Gasteiger partial charge in [-0.2, -0.15) is 0 Å². The molecule has 0 bridgehead atoms. The maximum atomic E-state index is 5.41. The molecule has 3 aromatic carbocycles. The van der Waals surface area contributed by atoms with Gasteiger partial charge in [-0.05, 0) is 22.8 Å². The Hall–Kier alpha value is -2.54. The van der Waals surface area contributed by atoms with Gasteiger partial charge in [-0.1, -0.05) is 72.8 Å². The summed E-state index contributed by atoms with van der Waals surface area (Å²) in [6.07, 6.45) is 0. The molecular weight excluding hydrogens is 244 g/mol. The van der Waals surface area contributed by atoms with Crippen molar-refractivity contribution in [1.82, 2.24) is 0 Å². The number of para-hydroxylation sites is 1. The molecule has 0 unspecified atom stereocenters. The Labute approximate surface area is 119 Å². The van der Waals surface area contributed by atoms with E-state index in [-0.39, 0.29) is 0 Å². The van der Waals surface area contributed by atoms with Crippen molar-refractivity contribution in [2.24, 2.45) is 0 Å². The zero-order valence-corrected chi connectivity index (χ0v) is 11.4. The summed E-state index contributed by atoms with van der Waals surface area (Å²) in [5.74, 6) is 0.903. The Bertz CT molecular complexity index is 684. The quantitative estimate of drug-likeness (QED) is 0.641. The fourth-order valence-corrected chi connectivity index (χ4v) is 2.36. The number of methoxy groups -OCH3 is 1. The summed E-state index contributed by atoms with van der Waals surface area (Å²) in [5, 5.41) is 0. The van der Waals surface area contributed by atoms with Gasteiger partial charge < -0.3 is 4.74 Å². The van der Waals surface area contributed by atoms with Crippen molar-refractivity contribution in [2.75, 3.05) is 7.11 Å². The summed E-state index contributed by atoms with van der Waals surface area (Å²) < 4.78 is 5.41. The van der Waals surface area contributed by atoms with E-state index in [1.807, 2.05) is 24.3 Å². The Kier molecular flexibility index (Phi) is 3.51. The lowest BCUT2D eigenvalue weighted by Crippen LogP contribution is -1.87. The van der Waals surface area contributed by atoms with Crippen LogP contribution in [-0.2, 0) is 0 Å². The van der Waals surface area contributed by atoms with Gasteiger partial charge in [0.2, 0.25) is 0 Å². The van der Waals surface area contributed by atoms with E-state index >= 15 is 0 Å². The second kappa shape index (κ2) is 5.62. The van der Waals surface area contributed by atoms with Crippen LogP contribution < -0.4 is 4.74 Å². The molecule has 1 heteroatoms. The van der Waals surface area contributed by atoms with Crippen molar-refractivity contribution < 1.29 is 4.74 Å². The molecule has 0 aliphatic carbocycles. The van der Waals surface area contributed by atoms with Gasteiger partial charge in [0.15, 0.2) is 0 Å². The van der Waals surface area contributed by atoms with Crippen LogP contribution in [0.25, 0.3) is 22.3 Å². The molecule has 0 spiro atoms. The molecule has 20 heavy (non-hydrogen) atoms. The van der Waals surface area contributed by atoms with Gasteiger partial charge in [-0.25, -0.2) is 0 Å².